The summed E-state index contributed by atoms with van der Waals surface area (Å²) in [5, 5.41) is 6.51. The highest BCUT2D eigenvalue weighted by Crippen LogP contribution is 2.22. The maximum absolute atomic E-state index is 12.2. The van der Waals surface area contributed by atoms with Crippen molar-refractivity contribution < 1.29 is 14.1 Å². The van der Waals surface area contributed by atoms with Gasteiger partial charge in [0.2, 0.25) is 5.91 Å². The molecule has 6 nitrogen and oxygen atoms in total. The van der Waals surface area contributed by atoms with E-state index in [-0.39, 0.29) is 24.3 Å². The van der Waals surface area contributed by atoms with Crippen LogP contribution >= 0.6 is 0 Å². The molecule has 0 bridgehead atoms. The van der Waals surface area contributed by atoms with Crippen molar-refractivity contribution >= 4 is 17.5 Å². The van der Waals surface area contributed by atoms with Crippen LogP contribution < -0.4 is 5.32 Å². The molecular weight excluding hydrogens is 234 g/mol. The van der Waals surface area contributed by atoms with E-state index >= 15 is 0 Å². The monoisotopic (exact) mass is 251 g/mol. The molecule has 0 radical (unpaired) electrons. The zero-order valence-corrected chi connectivity index (χ0v) is 10.5. The van der Waals surface area contributed by atoms with E-state index in [0.717, 1.165) is 12.8 Å². The summed E-state index contributed by atoms with van der Waals surface area (Å²) < 4.78 is 4.68. The molecule has 1 aliphatic heterocycles. The highest BCUT2D eigenvalue weighted by atomic mass is 16.5. The Labute approximate surface area is 105 Å². The van der Waals surface area contributed by atoms with E-state index in [1.807, 2.05) is 13.8 Å². The van der Waals surface area contributed by atoms with Crippen molar-refractivity contribution in [3.8, 4) is 0 Å². The van der Waals surface area contributed by atoms with E-state index in [2.05, 4.69) is 15.0 Å². The molecule has 1 aromatic rings. The van der Waals surface area contributed by atoms with E-state index in [4.69, 9.17) is 0 Å². The fourth-order valence-electron chi connectivity index (χ4n) is 2.28. The lowest BCUT2D eigenvalue weighted by molar-refractivity contribution is -0.141. The molecule has 0 aromatic carbocycles. The van der Waals surface area contributed by atoms with Crippen LogP contribution in [0.15, 0.2) is 17.0 Å². The Morgan fingerprint density at radius 2 is 2.22 bits per heavy atom. The van der Waals surface area contributed by atoms with Crippen molar-refractivity contribution in [2.75, 3.05) is 5.32 Å². The minimum absolute atomic E-state index is 0.000672. The van der Waals surface area contributed by atoms with Gasteiger partial charge >= 0.3 is 0 Å². The van der Waals surface area contributed by atoms with Gasteiger partial charge in [0.05, 0.1) is 18.3 Å². The van der Waals surface area contributed by atoms with Crippen molar-refractivity contribution in [1.82, 2.24) is 10.1 Å². The quantitative estimate of drug-likeness (QED) is 0.801. The van der Waals surface area contributed by atoms with Crippen LogP contribution in [0.5, 0.6) is 0 Å². The number of amides is 2. The molecule has 2 rings (SSSR count). The molecule has 6 heteroatoms. The van der Waals surface area contributed by atoms with Gasteiger partial charge < -0.3 is 9.84 Å². The van der Waals surface area contributed by atoms with Crippen molar-refractivity contribution in [2.45, 2.75) is 45.2 Å². The molecule has 1 aliphatic rings. The number of likely N-dealkylation sites (tertiary alicyclic amines) is 1. The molecular formula is C12H17N3O3. The topological polar surface area (TPSA) is 75.4 Å². The Morgan fingerprint density at radius 3 is 2.78 bits per heavy atom. The first-order valence-corrected chi connectivity index (χ1v) is 6.19. The molecule has 2 amide bonds. The van der Waals surface area contributed by atoms with Crippen LogP contribution in [0.3, 0.4) is 0 Å². The Kier molecular flexibility index (Phi) is 3.64. The number of anilines is 1. The predicted molar refractivity (Wildman–Crippen MR) is 64.8 cm³/mol. The van der Waals surface area contributed by atoms with E-state index in [1.54, 1.807) is 0 Å². The molecule has 2 heterocycles. The maximum atomic E-state index is 12.2. The molecule has 1 atom stereocenters. The first-order valence-electron chi connectivity index (χ1n) is 6.19. The largest absolute Gasteiger partial charge is 0.369 e. The first-order chi connectivity index (χ1) is 8.67. The number of aromatic nitrogens is 1. The second kappa shape index (κ2) is 5.20. The fourth-order valence-corrected chi connectivity index (χ4v) is 2.28. The summed E-state index contributed by atoms with van der Waals surface area (Å²) in [7, 11) is 0. The Morgan fingerprint density at radius 1 is 1.50 bits per heavy atom. The average molecular weight is 251 g/mol. The number of carbonyl (C=O) groups excluding carboxylic acids is 2. The summed E-state index contributed by atoms with van der Waals surface area (Å²) in [5.74, 6) is -0.266. The molecule has 1 unspecified atom stereocenters. The van der Waals surface area contributed by atoms with Gasteiger partial charge in [0.1, 0.15) is 12.3 Å². The Bertz CT molecular complexity index is 426. The van der Waals surface area contributed by atoms with Crippen molar-refractivity contribution in [3.05, 3.63) is 12.5 Å². The van der Waals surface area contributed by atoms with E-state index in [9.17, 15) is 9.59 Å². The third kappa shape index (κ3) is 2.23. The predicted octanol–water partition coefficient (Wildman–Crippen LogP) is 1.40. The van der Waals surface area contributed by atoms with Gasteiger partial charge in [-0.05, 0) is 12.8 Å². The number of hydrogen-bond donors (Lipinski definition) is 1. The minimum atomic E-state index is -0.502. The third-order valence-corrected chi connectivity index (χ3v) is 3.26. The zero-order chi connectivity index (χ0) is 13.1. The van der Waals surface area contributed by atoms with E-state index in [1.165, 1.54) is 17.4 Å². The number of hydrogen-bond acceptors (Lipinski definition) is 5. The zero-order valence-electron chi connectivity index (χ0n) is 10.5. The van der Waals surface area contributed by atoms with Crippen LogP contribution in [0.4, 0.5) is 5.69 Å². The lowest BCUT2D eigenvalue weighted by atomic mass is 10.1. The van der Waals surface area contributed by atoms with Crippen LogP contribution in [0.25, 0.3) is 0 Å². The highest BCUT2D eigenvalue weighted by Gasteiger charge is 2.41. The van der Waals surface area contributed by atoms with Crippen LogP contribution in [0, 0.1) is 0 Å². The maximum Gasteiger partial charge on any atom is 0.252 e. The van der Waals surface area contributed by atoms with Gasteiger partial charge in [0.15, 0.2) is 0 Å². The van der Waals surface area contributed by atoms with Crippen molar-refractivity contribution in [1.29, 1.82) is 0 Å². The Hall–Kier alpha value is -1.85. The van der Waals surface area contributed by atoms with Gasteiger partial charge in [-0.2, -0.15) is 0 Å². The second-order valence-electron chi connectivity index (χ2n) is 4.39. The second-order valence-corrected chi connectivity index (χ2v) is 4.39. The van der Waals surface area contributed by atoms with Gasteiger partial charge in [-0.25, -0.2) is 0 Å². The van der Waals surface area contributed by atoms with Crippen LogP contribution in [0.2, 0.25) is 0 Å². The summed E-state index contributed by atoms with van der Waals surface area (Å²) in [6, 6.07) is -0.503. The number of nitrogens with one attached hydrogen (secondary N) is 1. The fraction of sp³-hybridized carbons (Fsp3) is 0.583. The molecule has 1 aromatic heterocycles. The lowest BCUT2D eigenvalue weighted by Gasteiger charge is -2.24. The van der Waals surface area contributed by atoms with Crippen LogP contribution in [-0.2, 0) is 9.59 Å². The summed E-state index contributed by atoms with van der Waals surface area (Å²) in [6.07, 6.45) is 4.66. The minimum Gasteiger partial charge on any atom is -0.369 e. The standard InChI is InChI=1S/C12H17N3O3/c1-3-9(4-2)15-11(16)5-10(12(15)17)14-8-6-13-18-7-8/h6-7,9-10,14H,3-5H2,1-2H3. The smallest absolute Gasteiger partial charge is 0.252 e. The average Bonchev–Trinajstić information content (AvgIpc) is 2.94. The van der Waals surface area contributed by atoms with Gasteiger partial charge in [-0.15, -0.1) is 0 Å². The molecule has 0 aliphatic carbocycles. The van der Waals surface area contributed by atoms with Crippen LogP contribution in [0.1, 0.15) is 33.1 Å². The molecule has 18 heavy (non-hydrogen) atoms. The lowest BCUT2D eigenvalue weighted by Crippen LogP contribution is -2.41. The SMILES string of the molecule is CCC(CC)N1C(=O)CC(Nc2cnoc2)C1=O. The van der Waals surface area contributed by atoms with Crippen molar-refractivity contribution in [3.63, 3.8) is 0 Å². The van der Waals surface area contributed by atoms with Gasteiger partial charge in [0.25, 0.3) is 5.91 Å². The summed E-state index contributed by atoms with van der Waals surface area (Å²) >= 11 is 0. The summed E-state index contributed by atoms with van der Waals surface area (Å²) in [6.45, 7) is 3.96. The van der Waals surface area contributed by atoms with Gasteiger partial charge in [-0.1, -0.05) is 19.0 Å². The van der Waals surface area contributed by atoms with Crippen LogP contribution in [-0.4, -0.2) is 34.0 Å². The first kappa shape index (κ1) is 12.6. The van der Waals surface area contributed by atoms with Gasteiger partial charge in [-0.3, -0.25) is 14.5 Å². The summed E-state index contributed by atoms with van der Waals surface area (Å²) in [5.41, 5.74) is 0.618. The number of imide groups is 1. The number of carbonyl (C=O) groups is 2. The molecule has 98 valence electrons. The normalized spacial score (nSPS) is 19.9. The molecule has 0 saturated carbocycles. The summed E-state index contributed by atoms with van der Waals surface area (Å²) in [4.78, 5) is 25.5. The highest BCUT2D eigenvalue weighted by molar-refractivity contribution is 6.07. The third-order valence-electron chi connectivity index (χ3n) is 3.26. The number of nitrogens with zero attached hydrogens (tertiary/aromatic N) is 2. The van der Waals surface area contributed by atoms with E-state index < -0.39 is 6.04 Å². The molecule has 1 N–H and O–H groups in total. The molecule has 1 saturated heterocycles. The molecule has 0 spiro atoms. The van der Waals surface area contributed by atoms with E-state index in [0.29, 0.717) is 5.69 Å². The van der Waals surface area contributed by atoms with Gasteiger partial charge in [0, 0.05) is 6.04 Å². The Balaban J connectivity index is 2.09. The van der Waals surface area contributed by atoms with Crippen molar-refractivity contribution in [2.24, 2.45) is 0 Å². The molecule has 1 fully saturated rings. The number of rotatable bonds is 5.